The molecule has 7 nitrogen and oxygen atoms in total. The van der Waals surface area contributed by atoms with Crippen molar-refractivity contribution in [3.63, 3.8) is 0 Å². The van der Waals surface area contributed by atoms with Crippen LogP contribution in [0.2, 0.25) is 0 Å². The van der Waals surface area contributed by atoms with Crippen molar-refractivity contribution in [2.45, 2.75) is 44.6 Å². The van der Waals surface area contributed by atoms with Crippen LogP contribution in [0, 0.1) is 11.8 Å². The summed E-state index contributed by atoms with van der Waals surface area (Å²) in [4.78, 5) is 11.5. The number of esters is 1. The van der Waals surface area contributed by atoms with Gasteiger partial charge in [-0.2, -0.15) is 17.4 Å². The molecule has 1 saturated carbocycles. The highest BCUT2D eigenvalue weighted by Crippen LogP contribution is 2.26. The SMILES string of the molecule is COC(=O)C1CCN(S(=O)(=O)NC2CCCCC2CN)CC1. The minimum atomic E-state index is -3.51. The van der Waals surface area contributed by atoms with Gasteiger partial charge in [-0.25, -0.2) is 0 Å². The molecule has 3 N–H and O–H groups in total. The monoisotopic (exact) mass is 333 g/mol. The van der Waals surface area contributed by atoms with Crippen molar-refractivity contribution < 1.29 is 17.9 Å². The normalized spacial score (nSPS) is 28.5. The number of nitrogens with two attached hydrogens (primary N) is 1. The number of hydrogen-bond acceptors (Lipinski definition) is 5. The van der Waals surface area contributed by atoms with E-state index in [4.69, 9.17) is 10.5 Å². The summed E-state index contributed by atoms with van der Waals surface area (Å²) in [5.41, 5.74) is 5.76. The summed E-state index contributed by atoms with van der Waals surface area (Å²) >= 11 is 0. The zero-order valence-electron chi connectivity index (χ0n) is 13.2. The second-order valence-corrected chi connectivity index (χ2v) is 7.91. The lowest BCUT2D eigenvalue weighted by atomic mass is 9.85. The molecule has 0 amide bonds. The van der Waals surface area contributed by atoms with Crippen molar-refractivity contribution in [1.29, 1.82) is 0 Å². The number of rotatable bonds is 5. The molecule has 1 heterocycles. The topological polar surface area (TPSA) is 102 Å². The van der Waals surface area contributed by atoms with Gasteiger partial charge in [-0.1, -0.05) is 12.8 Å². The molecule has 0 bridgehead atoms. The molecule has 2 atom stereocenters. The highest BCUT2D eigenvalue weighted by molar-refractivity contribution is 7.87. The van der Waals surface area contributed by atoms with Gasteiger partial charge in [-0.3, -0.25) is 4.79 Å². The number of piperidine rings is 1. The average Bonchev–Trinajstić information content (AvgIpc) is 2.54. The number of hydrogen-bond donors (Lipinski definition) is 2. The van der Waals surface area contributed by atoms with Crippen molar-refractivity contribution in [3.8, 4) is 0 Å². The van der Waals surface area contributed by atoms with Crippen molar-refractivity contribution in [2.75, 3.05) is 26.7 Å². The number of carbonyl (C=O) groups is 1. The second-order valence-electron chi connectivity index (χ2n) is 6.21. The minimum Gasteiger partial charge on any atom is -0.469 e. The Balaban J connectivity index is 1.92. The first-order chi connectivity index (χ1) is 10.5. The molecule has 22 heavy (non-hydrogen) atoms. The Hall–Kier alpha value is -0.700. The third kappa shape index (κ3) is 4.18. The van der Waals surface area contributed by atoms with Crippen LogP contribution in [-0.2, 0) is 19.7 Å². The number of nitrogens with zero attached hydrogens (tertiary/aromatic N) is 1. The molecule has 0 aromatic carbocycles. The molecule has 2 rings (SSSR count). The number of nitrogens with one attached hydrogen (secondary N) is 1. The van der Waals surface area contributed by atoms with Crippen LogP contribution in [0.25, 0.3) is 0 Å². The van der Waals surface area contributed by atoms with Crippen LogP contribution < -0.4 is 10.5 Å². The second kappa shape index (κ2) is 7.72. The van der Waals surface area contributed by atoms with Crippen LogP contribution in [0.3, 0.4) is 0 Å². The van der Waals surface area contributed by atoms with Gasteiger partial charge in [-0.05, 0) is 38.1 Å². The van der Waals surface area contributed by atoms with Crippen molar-refractivity contribution >= 4 is 16.2 Å². The van der Waals surface area contributed by atoms with Crippen molar-refractivity contribution in [3.05, 3.63) is 0 Å². The fraction of sp³-hybridized carbons (Fsp3) is 0.929. The molecule has 1 aliphatic carbocycles. The quantitative estimate of drug-likeness (QED) is 0.701. The summed E-state index contributed by atoms with van der Waals surface area (Å²) in [6.07, 6.45) is 5.00. The largest absolute Gasteiger partial charge is 0.469 e. The predicted octanol–water partition coefficient (Wildman–Crippen LogP) is 0.223. The van der Waals surface area contributed by atoms with Gasteiger partial charge < -0.3 is 10.5 Å². The highest BCUT2D eigenvalue weighted by atomic mass is 32.2. The first kappa shape index (κ1) is 17.7. The van der Waals surface area contributed by atoms with E-state index in [-0.39, 0.29) is 23.8 Å². The number of carbonyl (C=O) groups excluding carboxylic acids is 1. The minimum absolute atomic E-state index is 0.0675. The van der Waals surface area contributed by atoms with Crippen LogP contribution in [0.15, 0.2) is 0 Å². The van der Waals surface area contributed by atoms with Gasteiger partial charge in [0.1, 0.15) is 0 Å². The lowest BCUT2D eigenvalue weighted by molar-refractivity contribution is -0.146. The maximum Gasteiger partial charge on any atom is 0.308 e. The highest BCUT2D eigenvalue weighted by Gasteiger charge is 2.34. The molecule has 0 aromatic heterocycles. The summed E-state index contributed by atoms with van der Waals surface area (Å²) in [6, 6.07) is -0.0675. The molecular weight excluding hydrogens is 306 g/mol. The zero-order chi connectivity index (χ0) is 16.2. The molecule has 0 aromatic rings. The van der Waals surface area contributed by atoms with Crippen LogP contribution in [0.4, 0.5) is 0 Å². The lowest BCUT2D eigenvalue weighted by Gasteiger charge is -2.35. The number of ether oxygens (including phenoxy) is 1. The number of methoxy groups -OCH3 is 1. The van der Waals surface area contributed by atoms with Gasteiger partial charge in [0, 0.05) is 19.1 Å². The fourth-order valence-electron chi connectivity index (χ4n) is 3.41. The smallest absolute Gasteiger partial charge is 0.308 e. The zero-order valence-corrected chi connectivity index (χ0v) is 14.0. The van der Waals surface area contributed by atoms with E-state index in [1.807, 2.05) is 0 Å². The summed E-state index contributed by atoms with van der Waals surface area (Å²) < 4.78 is 34.0. The summed E-state index contributed by atoms with van der Waals surface area (Å²) in [7, 11) is -2.14. The molecule has 0 radical (unpaired) electrons. The van der Waals surface area contributed by atoms with Gasteiger partial charge in [0.15, 0.2) is 0 Å². The summed E-state index contributed by atoms with van der Waals surface area (Å²) in [5.74, 6) is -0.223. The van der Waals surface area contributed by atoms with Gasteiger partial charge in [0.2, 0.25) is 0 Å². The van der Waals surface area contributed by atoms with Crippen LogP contribution in [0.1, 0.15) is 38.5 Å². The van der Waals surface area contributed by atoms with Crippen molar-refractivity contribution in [2.24, 2.45) is 17.6 Å². The van der Waals surface area contributed by atoms with E-state index in [0.29, 0.717) is 32.5 Å². The lowest BCUT2D eigenvalue weighted by Crippen LogP contribution is -2.52. The predicted molar refractivity (Wildman–Crippen MR) is 83.2 cm³/mol. The Bertz CT molecular complexity index is 474. The molecule has 1 aliphatic heterocycles. The molecule has 1 saturated heterocycles. The van der Waals surface area contributed by atoms with E-state index in [9.17, 15) is 13.2 Å². The Morgan fingerprint density at radius 3 is 2.45 bits per heavy atom. The Morgan fingerprint density at radius 1 is 1.23 bits per heavy atom. The molecule has 2 fully saturated rings. The van der Waals surface area contributed by atoms with Gasteiger partial charge in [0.25, 0.3) is 10.2 Å². The third-order valence-corrected chi connectivity index (χ3v) is 6.49. The molecule has 2 aliphatic rings. The van der Waals surface area contributed by atoms with E-state index in [1.54, 1.807) is 0 Å². The molecule has 128 valence electrons. The molecule has 8 heteroatoms. The standard InChI is InChI=1S/C14H27N3O4S/c1-21-14(18)11-6-8-17(9-7-11)22(19,20)16-13-5-3-2-4-12(13)10-15/h11-13,16H,2-10,15H2,1H3. The van der Waals surface area contributed by atoms with Crippen LogP contribution in [-0.4, -0.2) is 51.5 Å². The van der Waals surface area contributed by atoms with Crippen LogP contribution in [0.5, 0.6) is 0 Å². The first-order valence-electron chi connectivity index (χ1n) is 8.03. The van der Waals surface area contributed by atoms with Crippen LogP contribution >= 0.6 is 0 Å². The summed E-state index contributed by atoms with van der Waals surface area (Å²) in [6.45, 7) is 1.22. The summed E-state index contributed by atoms with van der Waals surface area (Å²) in [5, 5.41) is 0. The van der Waals surface area contributed by atoms with Gasteiger partial charge in [0.05, 0.1) is 13.0 Å². The maximum absolute atomic E-state index is 12.5. The Labute approximate surface area is 132 Å². The van der Waals surface area contributed by atoms with E-state index in [2.05, 4.69) is 4.72 Å². The third-order valence-electron chi connectivity index (χ3n) is 4.84. The Kier molecular flexibility index (Phi) is 6.19. The van der Waals surface area contributed by atoms with Crippen molar-refractivity contribution in [1.82, 2.24) is 9.03 Å². The molecular formula is C14H27N3O4S. The molecule has 0 spiro atoms. The van der Waals surface area contributed by atoms with E-state index in [1.165, 1.54) is 11.4 Å². The van der Waals surface area contributed by atoms with Gasteiger partial charge in [-0.15, -0.1) is 0 Å². The first-order valence-corrected chi connectivity index (χ1v) is 9.47. The average molecular weight is 333 g/mol. The fourth-order valence-corrected chi connectivity index (χ4v) is 4.94. The van der Waals surface area contributed by atoms with E-state index >= 15 is 0 Å². The Morgan fingerprint density at radius 2 is 1.86 bits per heavy atom. The van der Waals surface area contributed by atoms with E-state index in [0.717, 1.165) is 25.7 Å². The van der Waals surface area contributed by atoms with E-state index < -0.39 is 10.2 Å². The molecule has 2 unspecified atom stereocenters. The van der Waals surface area contributed by atoms with Gasteiger partial charge >= 0.3 is 5.97 Å². The maximum atomic E-state index is 12.5.